The molecule has 22 heavy (non-hydrogen) atoms. The Morgan fingerprint density at radius 3 is 2.27 bits per heavy atom. The van der Waals surface area contributed by atoms with Gasteiger partial charge in [0.1, 0.15) is 0 Å². The lowest BCUT2D eigenvalue weighted by Gasteiger charge is -2.36. The van der Waals surface area contributed by atoms with Gasteiger partial charge in [0, 0.05) is 24.7 Å². The third-order valence-corrected chi connectivity index (χ3v) is 4.77. The number of carboxylic acids is 1. The second-order valence-electron chi connectivity index (χ2n) is 6.15. The van der Waals surface area contributed by atoms with E-state index in [9.17, 15) is 9.59 Å². The topological polar surface area (TPSA) is 60.9 Å². The normalized spacial score (nSPS) is 20.3. The molecule has 0 radical (unpaired) electrons. The SMILES string of the molecule is O=C(O)c1cccc(C(=O)N2CCC(N3CCCC3)CC2)c1. The Kier molecular flexibility index (Phi) is 4.43. The molecule has 0 spiro atoms. The lowest BCUT2D eigenvalue weighted by molar-refractivity contribution is 0.0644. The van der Waals surface area contributed by atoms with E-state index in [0.717, 1.165) is 25.9 Å². The van der Waals surface area contributed by atoms with Crippen molar-refractivity contribution >= 4 is 11.9 Å². The molecule has 2 aliphatic rings. The highest BCUT2D eigenvalue weighted by Gasteiger charge is 2.28. The fourth-order valence-corrected chi connectivity index (χ4v) is 3.51. The van der Waals surface area contributed by atoms with E-state index in [1.807, 2.05) is 4.90 Å². The number of carbonyl (C=O) groups excluding carboxylic acids is 1. The van der Waals surface area contributed by atoms with Gasteiger partial charge in [-0.25, -0.2) is 4.79 Å². The van der Waals surface area contributed by atoms with E-state index in [0.29, 0.717) is 11.6 Å². The van der Waals surface area contributed by atoms with E-state index in [2.05, 4.69) is 4.90 Å². The second-order valence-corrected chi connectivity index (χ2v) is 6.15. The lowest BCUT2D eigenvalue weighted by Crippen LogP contribution is -2.45. The lowest BCUT2D eigenvalue weighted by atomic mass is 10.0. The monoisotopic (exact) mass is 302 g/mol. The highest BCUT2D eigenvalue weighted by Crippen LogP contribution is 2.22. The number of rotatable bonds is 3. The summed E-state index contributed by atoms with van der Waals surface area (Å²) in [5.74, 6) is -1.05. The minimum absolute atomic E-state index is 0.0528. The largest absolute Gasteiger partial charge is 0.478 e. The van der Waals surface area contributed by atoms with E-state index >= 15 is 0 Å². The van der Waals surface area contributed by atoms with Gasteiger partial charge in [0.05, 0.1) is 5.56 Å². The van der Waals surface area contributed by atoms with Crippen molar-refractivity contribution in [2.75, 3.05) is 26.2 Å². The smallest absolute Gasteiger partial charge is 0.335 e. The minimum atomic E-state index is -0.998. The van der Waals surface area contributed by atoms with Gasteiger partial charge in [-0.15, -0.1) is 0 Å². The van der Waals surface area contributed by atoms with Crippen LogP contribution in [0.3, 0.4) is 0 Å². The van der Waals surface area contributed by atoms with Gasteiger partial charge in [-0.2, -0.15) is 0 Å². The summed E-state index contributed by atoms with van der Waals surface area (Å²) < 4.78 is 0. The first kappa shape index (κ1) is 15.0. The molecule has 1 aromatic carbocycles. The van der Waals surface area contributed by atoms with Crippen LogP contribution in [0.4, 0.5) is 0 Å². The average molecular weight is 302 g/mol. The Morgan fingerprint density at radius 1 is 1.00 bits per heavy atom. The van der Waals surface area contributed by atoms with Crippen molar-refractivity contribution in [3.63, 3.8) is 0 Å². The summed E-state index contributed by atoms with van der Waals surface area (Å²) in [5.41, 5.74) is 0.636. The van der Waals surface area contributed by atoms with Crippen LogP contribution in [-0.2, 0) is 0 Å². The number of amides is 1. The maximum absolute atomic E-state index is 12.5. The quantitative estimate of drug-likeness (QED) is 0.928. The fourth-order valence-electron chi connectivity index (χ4n) is 3.51. The zero-order valence-electron chi connectivity index (χ0n) is 12.7. The predicted octanol–water partition coefficient (Wildman–Crippen LogP) is 2.09. The van der Waals surface area contributed by atoms with E-state index < -0.39 is 5.97 Å². The molecule has 5 nitrogen and oxygen atoms in total. The molecule has 118 valence electrons. The van der Waals surface area contributed by atoms with E-state index in [4.69, 9.17) is 5.11 Å². The highest BCUT2D eigenvalue weighted by molar-refractivity contribution is 5.97. The van der Waals surface area contributed by atoms with Gasteiger partial charge in [0.2, 0.25) is 0 Å². The summed E-state index contributed by atoms with van der Waals surface area (Å²) in [6.45, 7) is 3.91. The first-order chi connectivity index (χ1) is 10.6. The number of aromatic carboxylic acids is 1. The Hall–Kier alpha value is -1.88. The van der Waals surface area contributed by atoms with Crippen LogP contribution < -0.4 is 0 Å². The number of piperidine rings is 1. The van der Waals surface area contributed by atoms with Gasteiger partial charge in [-0.3, -0.25) is 4.79 Å². The zero-order chi connectivity index (χ0) is 15.5. The van der Waals surface area contributed by atoms with Crippen molar-refractivity contribution in [1.29, 1.82) is 0 Å². The zero-order valence-corrected chi connectivity index (χ0v) is 12.7. The Labute approximate surface area is 130 Å². The molecule has 0 aromatic heterocycles. The number of hydrogen-bond acceptors (Lipinski definition) is 3. The standard InChI is InChI=1S/C17H22N2O3/c20-16(13-4-3-5-14(12-13)17(21)22)19-10-6-15(7-11-19)18-8-1-2-9-18/h3-5,12,15H,1-2,6-11H2,(H,21,22). The number of carbonyl (C=O) groups is 2. The van der Waals surface area contributed by atoms with Crippen LogP contribution in [0.15, 0.2) is 24.3 Å². The maximum Gasteiger partial charge on any atom is 0.335 e. The number of likely N-dealkylation sites (tertiary alicyclic amines) is 2. The van der Waals surface area contributed by atoms with Crippen LogP contribution in [0.1, 0.15) is 46.4 Å². The van der Waals surface area contributed by atoms with Gasteiger partial charge in [-0.1, -0.05) is 6.07 Å². The van der Waals surface area contributed by atoms with Crippen molar-refractivity contribution < 1.29 is 14.7 Å². The third kappa shape index (κ3) is 3.14. The summed E-state index contributed by atoms with van der Waals surface area (Å²) in [6.07, 6.45) is 4.62. The number of carboxylic acid groups (broad SMARTS) is 1. The third-order valence-electron chi connectivity index (χ3n) is 4.77. The van der Waals surface area contributed by atoms with Crippen LogP contribution in [0.5, 0.6) is 0 Å². The first-order valence-corrected chi connectivity index (χ1v) is 8.02. The molecule has 5 heteroatoms. The molecular formula is C17H22N2O3. The van der Waals surface area contributed by atoms with Crippen molar-refractivity contribution in [3.8, 4) is 0 Å². The van der Waals surface area contributed by atoms with E-state index in [-0.39, 0.29) is 11.5 Å². The molecule has 2 saturated heterocycles. The van der Waals surface area contributed by atoms with E-state index in [1.165, 1.54) is 38.1 Å². The van der Waals surface area contributed by atoms with Crippen LogP contribution in [0, 0.1) is 0 Å². The van der Waals surface area contributed by atoms with Crippen LogP contribution in [0.2, 0.25) is 0 Å². The average Bonchev–Trinajstić information content (AvgIpc) is 3.09. The van der Waals surface area contributed by atoms with Crippen molar-refractivity contribution in [2.24, 2.45) is 0 Å². The van der Waals surface area contributed by atoms with Crippen LogP contribution in [0.25, 0.3) is 0 Å². The van der Waals surface area contributed by atoms with Crippen molar-refractivity contribution in [3.05, 3.63) is 35.4 Å². The van der Waals surface area contributed by atoms with Gasteiger partial charge in [0.15, 0.2) is 0 Å². The second kappa shape index (κ2) is 6.48. The number of nitrogens with zero attached hydrogens (tertiary/aromatic N) is 2. The summed E-state index contributed by atoms with van der Waals surface area (Å²) >= 11 is 0. The molecule has 0 atom stereocenters. The van der Waals surface area contributed by atoms with Crippen molar-refractivity contribution in [1.82, 2.24) is 9.80 Å². The predicted molar refractivity (Wildman–Crippen MR) is 83.1 cm³/mol. The summed E-state index contributed by atoms with van der Waals surface area (Å²) in [6, 6.07) is 6.92. The molecule has 0 unspecified atom stereocenters. The molecule has 0 aliphatic carbocycles. The molecule has 1 amide bonds. The summed E-state index contributed by atoms with van der Waals surface area (Å²) in [5, 5.41) is 9.03. The van der Waals surface area contributed by atoms with Crippen LogP contribution >= 0.6 is 0 Å². The summed E-state index contributed by atoms with van der Waals surface area (Å²) in [4.78, 5) is 27.9. The molecule has 1 N–H and O–H groups in total. The van der Waals surface area contributed by atoms with Gasteiger partial charge < -0.3 is 14.9 Å². The minimum Gasteiger partial charge on any atom is -0.478 e. The maximum atomic E-state index is 12.5. The Balaban J connectivity index is 1.62. The fraction of sp³-hybridized carbons (Fsp3) is 0.529. The molecule has 2 fully saturated rings. The van der Waals surface area contributed by atoms with Gasteiger partial charge >= 0.3 is 5.97 Å². The first-order valence-electron chi connectivity index (χ1n) is 8.02. The molecule has 2 aliphatic heterocycles. The summed E-state index contributed by atoms with van der Waals surface area (Å²) in [7, 11) is 0. The number of hydrogen-bond donors (Lipinski definition) is 1. The molecular weight excluding hydrogens is 280 g/mol. The number of benzene rings is 1. The molecule has 2 heterocycles. The Bertz CT molecular complexity index is 559. The molecule has 1 aromatic rings. The molecule has 0 saturated carbocycles. The van der Waals surface area contributed by atoms with E-state index in [1.54, 1.807) is 12.1 Å². The highest BCUT2D eigenvalue weighted by atomic mass is 16.4. The molecule has 0 bridgehead atoms. The van der Waals surface area contributed by atoms with Gasteiger partial charge in [0.25, 0.3) is 5.91 Å². The van der Waals surface area contributed by atoms with Crippen LogP contribution in [-0.4, -0.2) is 59.0 Å². The molecule has 3 rings (SSSR count). The Morgan fingerprint density at radius 2 is 1.64 bits per heavy atom. The van der Waals surface area contributed by atoms with Crippen molar-refractivity contribution in [2.45, 2.75) is 31.7 Å². The van der Waals surface area contributed by atoms with Gasteiger partial charge in [-0.05, 0) is 57.0 Å².